The highest BCUT2D eigenvalue weighted by atomic mass is 32.2. The number of hydrogen-bond acceptors (Lipinski definition) is 5. The van der Waals surface area contributed by atoms with Gasteiger partial charge in [-0.15, -0.1) is 0 Å². The average molecular weight is 367 g/mol. The van der Waals surface area contributed by atoms with E-state index in [0.29, 0.717) is 5.92 Å². The molecule has 0 aliphatic carbocycles. The number of aromatic amines is 1. The lowest BCUT2D eigenvalue weighted by Crippen LogP contribution is -2.49. The van der Waals surface area contributed by atoms with E-state index in [-0.39, 0.29) is 5.56 Å². The first-order valence-electron chi connectivity index (χ1n) is 9.08. The molecule has 5 rings (SSSR count). The number of nitrogens with zero attached hydrogens (tertiary/aromatic N) is 4. The number of aromatic nitrogens is 4. The van der Waals surface area contributed by atoms with Gasteiger partial charge in [0.25, 0.3) is 5.56 Å². The number of benzene rings is 1. The fourth-order valence-electron chi connectivity index (χ4n) is 3.84. The van der Waals surface area contributed by atoms with Gasteiger partial charge >= 0.3 is 0 Å². The van der Waals surface area contributed by atoms with Gasteiger partial charge in [0.1, 0.15) is 5.82 Å². The van der Waals surface area contributed by atoms with Crippen LogP contribution in [-0.2, 0) is 25.3 Å². The van der Waals surface area contributed by atoms with Crippen molar-refractivity contribution >= 4 is 22.8 Å². The van der Waals surface area contributed by atoms with Gasteiger partial charge in [-0.05, 0) is 23.4 Å². The van der Waals surface area contributed by atoms with E-state index >= 15 is 0 Å². The summed E-state index contributed by atoms with van der Waals surface area (Å²) in [7, 11) is 0. The van der Waals surface area contributed by atoms with Crippen LogP contribution in [-0.4, -0.2) is 43.5 Å². The zero-order chi connectivity index (χ0) is 17.5. The largest absolute Gasteiger partial charge is 0.341 e. The Morgan fingerprint density at radius 1 is 1.27 bits per heavy atom. The quantitative estimate of drug-likeness (QED) is 0.764. The lowest BCUT2D eigenvalue weighted by Gasteiger charge is -2.38. The number of H-pyrrole nitrogens is 1. The Hall–Kier alpha value is -2.12. The Balaban J connectivity index is 1.21. The molecule has 0 bridgehead atoms. The molecule has 3 aromatic rings. The van der Waals surface area contributed by atoms with Crippen LogP contribution in [0.5, 0.6) is 0 Å². The van der Waals surface area contributed by atoms with Gasteiger partial charge in [0.2, 0.25) is 0 Å². The third kappa shape index (κ3) is 3.05. The van der Waals surface area contributed by atoms with Crippen molar-refractivity contribution in [2.75, 3.05) is 18.8 Å². The molecule has 1 N–H and O–H groups in total. The van der Waals surface area contributed by atoms with E-state index in [1.807, 2.05) is 30.0 Å². The molecule has 0 radical (unpaired) electrons. The molecule has 7 heteroatoms. The van der Waals surface area contributed by atoms with Crippen LogP contribution in [0, 0.1) is 5.92 Å². The topological polar surface area (TPSA) is 66.8 Å². The predicted molar refractivity (Wildman–Crippen MR) is 103 cm³/mol. The molecule has 2 aliphatic heterocycles. The molecule has 134 valence electrons. The van der Waals surface area contributed by atoms with Crippen molar-refractivity contribution in [2.24, 2.45) is 5.92 Å². The molecule has 26 heavy (non-hydrogen) atoms. The zero-order valence-electron chi connectivity index (χ0n) is 14.5. The molecule has 2 aromatic heterocycles. The van der Waals surface area contributed by atoms with Gasteiger partial charge in [0.15, 0.2) is 0 Å². The second-order valence-electron chi connectivity index (χ2n) is 7.20. The normalized spacial score (nSPS) is 18.0. The van der Waals surface area contributed by atoms with Crippen molar-refractivity contribution < 1.29 is 0 Å². The molecule has 1 saturated heterocycles. The maximum atomic E-state index is 12.3. The second-order valence-corrected chi connectivity index (χ2v) is 8.31. The molecular formula is C19H21N5OS. The first-order chi connectivity index (χ1) is 12.7. The smallest absolute Gasteiger partial charge is 0.267 e. The SMILES string of the molecule is O=c1cc2c(nn1CC1CN(Cc3nc4ccccc4[nH]3)C1)CCSC2. The first kappa shape index (κ1) is 16.1. The van der Waals surface area contributed by atoms with Gasteiger partial charge in [0.05, 0.1) is 29.8 Å². The highest BCUT2D eigenvalue weighted by molar-refractivity contribution is 7.98. The summed E-state index contributed by atoms with van der Waals surface area (Å²) in [5.41, 5.74) is 4.39. The monoisotopic (exact) mass is 367 g/mol. The molecule has 0 spiro atoms. The standard InChI is InChI=1S/C19H21N5OS/c25-19-7-14-12-26-6-5-15(14)22-24(19)10-13-8-23(9-13)11-18-20-16-3-1-2-4-17(16)21-18/h1-4,7,13H,5-6,8-12H2,(H,20,21). The number of fused-ring (bicyclic) bond motifs is 2. The Morgan fingerprint density at radius 2 is 2.15 bits per heavy atom. The van der Waals surface area contributed by atoms with Crippen molar-refractivity contribution in [2.45, 2.75) is 25.3 Å². The van der Waals surface area contributed by atoms with Crippen LogP contribution in [0.2, 0.25) is 0 Å². The van der Waals surface area contributed by atoms with Crippen LogP contribution in [0.15, 0.2) is 35.1 Å². The summed E-state index contributed by atoms with van der Waals surface area (Å²) >= 11 is 1.88. The zero-order valence-corrected chi connectivity index (χ0v) is 15.3. The minimum Gasteiger partial charge on any atom is -0.341 e. The fraction of sp³-hybridized carbons (Fsp3) is 0.421. The van der Waals surface area contributed by atoms with E-state index in [4.69, 9.17) is 0 Å². The van der Waals surface area contributed by atoms with Crippen LogP contribution in [0.25, 0.3) is 11.0 Å². The maximum absolute atomic E-state index is 12.3. The molecule has 6 nitrogen and oxygen atoms in total. The lowest BCUT2D eigenvalue weighted by molar-refractivity contribution is 0.0742. The third-order valence-corrected chi connectivity index (χ3v) is 6.19. The van der Waals surface area contributed by atoms with E-state index < -0.39 is 0 Å². The lowest BCUT2D eigenvalue weighted by atomic mass is 10.0. The van der Waals surface area contributed by atoms with Crippen LogP contribution in [0.3, 0.4) is 0 Å². The molecule has 0 saturated carbocycles. The first-order valence-corrected chi connectivity index (χ1v) is 10.2. The van der Waals surface area contributed by atoms with E-state index in [1.54, 1.807) is 10.7 Å². The van der Waals surface area contributed by atoms with Crippen LogP contribution >= 0.6 is 11.8 Å². The Kier molecular flexibility index (Phi) is 4.05. The Labute approximate surface area is 155 Å². The van der Waals surface area contributed by atoms with Crippen molar-refractivity contribution in [3.8, 4) is 0 Å². The van der Waals surface area contributed by atoms with E-state index in [1.165, 1.54) is 0 Å². The van der Waals surface area contributed by atoms with Crippen LogP contribution in [0.1, 0.15) is 17.1 Å². The van der Waals surface area contributed by atoms with Gasteiger partial charge in [-0.2, -0.15) is 16.9 Å². The number of thioether (sulfide) groups is 1. The summed E-state index contributed by atoms with van der Waals surface area (Å²) in [5, 5.41) is 4.63. The van der Waals surface area contributed by atoms with Gasteiger partial charge in [-0.3, -0.25) is 9.69 Å². The molecule has 2 aliphatic rings. The highest BCUT2D eigenvalue weighted by Gasteiger charge is 2.28. The summed E-state index contributed by atoms with van der Waals surface area (Å²) in [5.74, 6) is 3.52. The van der Waals surface area contributed by atoms with Crippen molar-refractivity contribution in [1.29, 1.82) is 0 Å². The molecular weight excluding hydrogens is 346 g/mol. The maximum Gasteiger partial charge on any atom is 0.267 e. The molecule has 1 aromatic carbocycles. The van der Waals surface area contributed by atoms with Gasteiger partial charge in [0, 0.05) is 37.2 Å². The number of imidazole rings is 1. The van der Waals surface area contributed by atoms with E-state index in [9.17, 15) is 4.79 Å². The average Bonchev–Trinajstić information content (AvgIpc) is 3.02. The van der Waals surface area contributed by atoms with Crippen molar-refractivity contribution in [3.05, 3.63) is 57.8 Å². The summed E-state index contributed by atoms with van der Waals surface area (Å²) in [6, 6.07) is 9.90. The highest BCUT2D eigenvalue weighted by Crippen LogP contribution is 2.23. The second kappa shape index (κ2) is 6.55. The fourth-order valence-corrected chi connectivity index (χ4v) is 4.79. The predicted octanol–water partition coefficient (Wildman–Crippen LogP) is 2.04. The number of aryl methyl sites for hydroxylation is 1. The molecule has 0 atom stereocenters. The minimum atomic E-state index is 0.0435. The number of hydrogen-bond donors (Lipinski definition) is 1. The van der Waals surface area contributed by atoms with Crippen LogP contribution in [0.4, 0.5) is 0 Å². The summed E-state index contributed by atoms with van der Waals surface area (Å²) in [6.45, 7) is 3.51. The number of nitrogens with one attached hydrogen (secondary N) is 1. The number of likely N-dealkylation sites (tertiary alicyclic amines) is 1. The van der Waals surface area contributed by atoms with Gasteiger partial charge < -0.3 is 4.98 Å². The number of rotatable bonds is 4. The van der Waals surface area contributed by atoms with E-state index in [2.05, 4.69) is 26.0 Å². The molecule has 1 fully saturated rings. The summed E-state index contributed by atoms with van der Waals surface area (Å²) in [6.07, 6.45) is 0.975. The molecule has 0 unspecified atom stereocenters. The molecule has 0 amide bonds. The van der Waals surface area contributed by atoms with Gasteiger partial charge in [-0.1, -0.05) is 12.1 Å². The third-order valence-electron chi connectivity index (χ3n) is 5.18. The van der Waals surface area contributed by atoms with E-state index in [0.717, 1.165) is 72.2 Å². The van der Waals surface area contributed by atoms with Crippen molar-refractivity contribution in [3.63, 3.8) is 0 Å². The van der Waals surface area contributed by atoms with Gasteiger partial charge in [-0.25, -0.2) is 9.67 Å². The van der Waals surface area contributed by atoms with Crippen LogP contribution < -0.4 is 5.56 Å². The van der Waals surface area contributed by atoms with Crippen molar-refractivity contribution in [1.82, 2.24) is 24.6 Å². The molecule has 4 heterocycles. The Morgan fingerprint density at radius 3 is 3.04 bits per heavy atom. The Bertz CT molecular complexity index is 972. The minimum absolute atomic E-state index is 0.0435. The number of para-hydroxylation sites is 2. The summed E-state index contributed by atoms with van der Waals surface area (Å²) in [4.78, 5) is 22.7. The summed E-state index contributed by atoms with van der Waals surface area (Å²) < 4.78 is 1.68.